The first kappa shape index (κ1) is 20.0. The number of nitrogens with one attached hydrogen (secondary N) is 2. The molecule has 1 rings (SSSR count). The summed E-state index contributed by atoms with van der Waals surface area (Å²) in [6, 6.07) is 0. The van der Waals surface area contributed by atoms with Gasteiger partial charge < -0.3 is 10.6 Å². The first-order chi connectivity index (χ1) is 9.24. The summed E-state index contributed by atoms with van der Waals surface area (Å²) < 4.78 is 37.9. The minimum Gasteiger partial charge on any atom is -0.356 e. The molecule has 0 fully saturated rings. The van der Waals surface area contributed by atoms with Crippen molar-refractivity contribution in [1.82, 2.24) is 20.4 Å². The van der Waals surface area contributed by atoms with E-state index in [-0.39, 0.29) is 30.5 Å². The van der Waals surface area contributed by atoms with Crippen LogP contribution in [-0.4, -0.2) is 35.5 Å². The molecule has 0 aromatic carbocycles. The molecule has 0 radical (unpaired) electrons. The van der Waals surface area contributed by atoms with Crippen LogP contribution in [0.2, 0.25) is 0 Å². The lowest BCUT2D eigenvalue weighted by Crippen LogP contribution is -2.38. The summed E-state index contributed by atoms with van der Waals surface area (Å²) >= 11 is 0. The van der Waals surface area contributed by atoms with Crippen molar-refractivity contribution in [2.75, 3.05) is 13.6 Å². The lowest BCUT2D eigenvalue weighted by Gasteiger charge is -2.13. The molecular formula is C12H21F3IN5. The molecule has 0 saturated heterocycles. The van der Waals surface area contributed by atoms with Crippen LogP contribution in [0.1, 0.15) is 23.4 Å². The standard InChI is InChI=1S/C12H20F3N5.HI/c1-8-10(9(2)20(4)19-8)7-18-11(16-3)17-6-5-12(13,14)15;/h5-7H2,1-4H3,(H2,16,17,18);1H. The Hall–Kier alpha value is -1.00. The van der Waals surface area contributed by atoms with E-state index in [9.17, 15) is 13.2 Å². The van der Waals surface area contributed by atoms with Crippen LogP contribution in [0.15, 0.2) is 4.99 Å². The second-order valence-electron chi connectivity index (χ2n) is 4.49. The van der Waals surface area contributed by atoms with Gasteiger partial charge in [0.1, 0.15) is 0 Å². The quantitative estimate of drug-likeness (QED) is 0.448. The van der Waals surface area contributed by atoms with Gasteiger partial charge in [-0.25, -0.2) is 0 Å². The molecule has 21 heavy (non-hydrogen) atoms. The number of aryl methyl sites for hydroxylation is 2. The number of alkyl halides is 3. The van der Waals surface area contributed by atoms with Gasteiger partial charge in [-0.2, -0.15) is 18.3 Å². The molecule has 0 saturated carbocycles. The van der Waals surface area contributed by atoms with Crippen LogP contribution in [0.5, 0.6) is 0 Å². The summed E-state index contributed by atoms with van der Waals surface area (Å²) in [4.78, 5) is 3.89. The first-order valence-electron chi connectivity index (χ1n) is 6.25. The van der Waals surface area contributed by atoms with Gasteiger partial charge in [-0.15, -0.1) is 24.0 Å². The van der Waals surface area contributed by atoms with Gasteiger partial charge in [0.05, 0.1) is 12.1 Å². The lowest BCUT2D eigenvalue weighted by molar-refractivity contribution is -0.132. The number of hydrogen-bond acceptors (Lipinski definition) is 2. The molecule has 1 heterocycles. The van der Waals surface area contributed by atoms with Crippen LogP contribution >= 0.6 is 24.0 Å². The van der Waals surface area contributed by atoms with Gasteiger partial charge in [0.15, 0.2) is 5.96 Å². The predicted molar refractivity (Wildman–Crippen MR) is 87.0 cm³/mol. The molecule has 2 N–H and O–H groups in total. The third-order valence-electron chi connectivity index (χ3n) is 3.02. The molecule has 0 spiro atoms. The molecule has 1 aromatic heterocycles. The summed E-state index contributed by atoms with van der Waals surface area (Å²) in [7, 11) is 3.37. The Labute approximate surface area is 139 Å². The fraction of sp³-hybridized carbons (Fsp3) is 0.667. The highest BCUT2D eigenvalue weighted by Crippen LogP contribution is 2.18. The third-order valence-corrected chi connectivity index (χ3v) is 3.02. The Morgan fingerprint density at radius 3 is 2.33 bits per heavy atom. The molecule has 9 heteroatoms. The van der Waals surface area contributed by atoms with Crippen molar-refractivity contribution in [1.29, 1.82) is 0 Å². The average molecular weight is 419 g/mol. The van der Waals surface area contributed by atoms with Crippen LogP contribution in [0.25, 0.3) is 0 Å². The van der Waals surface area contributed by atoms with E-state index in [1.807, 2.05) is 20.9 Å². The zero-order chi connectivity index (χ0) is 15.3. The molecular weight excluding hydrogens is 398 g/mol. The Morgan fingerprint density at radius 1 is 1.29 bits per heavy atom. The van der Waals surface area contributed by atoms with Gasteiger partial charge in [0, 0.05) is 38.4 Å². The van der Waals surface area contributed by atoms with E-state index < -0.39 is 12.6 Å². The van der Waals surface area contributed by atoms with Crippen LogP contribution in [0.4, 0.5) is 13.2 Å². The Kier molecular flexibility index (Phi) is 8.04. The van der Waals surface area contributed by atoms with Crippen molar-refractivity contribution < 1.29 is 13.2 Å². The van der Waals surface area contributed by atoms with Crippen molar-refractivity contribution >= 4 is 29.9 Å². The molecule has 5 nitrogen and oxygen atoms in total. The van der Waals surface area contributed by atoms with Gasteiger partial charge in [-0.05, 0) is 13.8 Å². The smallest absolute Gasteiger partial charge is 0.356 e. The van der Waals surface area contributed by atoms with E-state index in [1.54, 1.807) is 4.68 Å². The van der Waals surface area contributed by atoms with E-state index in [0.717, 1.165) is 17.0 Å². The van der Waals surface area contributed by atoms with Gasteiger partial charge in [-0.1, -0.05) is 0 Å². The number of guanidine groups is 1. The Balaban J connectivity index is 0.00000400. The van der Waals surface area contributed by atoms with Gasteiger partial charge in [0.2, 0.25) is 0 Å². The maximum absolute atomic E-state index is 12.1. The third kappa shape index (κ3) is 6.53. The van der Waals surface area contributed by atoms with Gasteiger partial charge in [0.25, 0.3) is 0 Å². The fourth-order valence-electron chi connectivity index (χ4n) is 1.79. The molecule has 0 amide bonds. The highest BCUT2D eigenvalue weighted by Gasteiger charge is 2.26. The molecule has 0 atom stereocenters. The van der Waals surface area contributed by atoms with Crippen molar-refractivity contribution in [3.05, 3.63) is 17.0 Å². The lowest BCUT2D eigenvalue weighted by atomic mass is 10.2. The van der Waals surface area contributed by atoms with E-state index in [4.69, 9.17) is 0 Å². The second kappa shape index (κ2) is 8.44. The first-order valence-corrected chi connectivity index (χ1v) is 6.25. The summed E-state index contributed by atoms with van der Waals surface area (Å²) in [5.74, 6) is 0.344. The molecule has 0 aliphatic rings. The van der Waals surface area contributed by atoms with Crippen molar-refractivity contribution in [3.8, 4) is 0 Å². The second-order valence-corrected chi connectivity index (χ2v) is 4.49. The number of rotatable bonds is 4. The number of aliphatic imine (C=N–C) groups is 1. The topological polar surface area (TPSA) is 54.2 Å². The molecule has 0 aliphatic carbocycles. The van der Waals surface area contributed by atoms with Crippen LogP contribution < -0.4 is 10.6 Å². The summed E-state index contributed by atoms with van der Waals surface area (Å²) in [6.45, 7) is 4.10. The maximum atomic E-state index is 12.1. The molecule has 1 aromatic rings. The highest BCUT2D eigenvalue weighted by molar-refractivity contribution is 14.0. The minimum absolute atomic E-state index is 0. The highest BCUT2D eigenvalue weighted by atomic mass is 127. The normalized spacial score (nSPS) is 12.0. The maximum Gasteiger partial charge on any atom is 0.390 e. The molecule has 122 valence electrons. The van der Waals surface area contributed by atoms with E-state index in [2.05, 4.69) is 20.7 Å². The SMILES string of the molecule is CN=C(NCCC(F)(F)F)NCc1c(C)nn(C)c1C.I. The van der Waals surface area contributed by atoms with E-state index >= 15 is 0 Å². The van der Waals surface area contributed by atoms with Crippen LogP contribution in [0.3, 0.4) is 0 Å². The number of halogens is 4. The van der Waals surface area contributed by atoms with Gasteiger partial charge >= 0.3 is 6.18 Å². The molecule has 0 unspecified atom stereocenters. The number of nitrogens with zero attached hydrogens (tertiary/aromatic N) is 3. The zero-order valence-electron chi connectivity index (χ0n) is 12.5. The van der Waals surface area contributed by atoms with Crippen LogP contribution in [-0.2, 0) is 13.6 Å². The fourth-order valence-corrected chi connectivity index (χ4v) is 1.79. The minimum atomic E-state index is -4.16. The predicted octanol–water partition coefficient (Wildman–Crippen LogP) is 2.27. The van der Waals surface area contributed by atoms with Gasteiger partial charge in [-0.3, -0.25) is 9.67 Å². The Bertz CT molecular complexity index is 482. The van der Waals surface area contributed by atoms with Crippen molar-refractivity contribution in [2.24, 2.45) is 12.0 Å². The Morgan fingerprint density at radius 2 is 1.90 bits per heavy atom. The number of hydrogen-bond donors (Lipinski definition) is 2. The summed E-state index contributed by atoms with van der Waals surface area (Å²) in [5.41, 5.74) is 2.93. The van der Waals surface area contributed by atoms with Crippen LogP contribution in [0, 0.1) is 13.8 Å². The summed E-state index contributed by atoms with van der Waals surface area (Å²) in [6.07, 6.45) is -5.05. The largest absolute Gasteiger partial charge is 0.390 e. The average Bonchev–Trinajstić information content (AvgIpc) is 2.57. The van der Waals surface area contributed by atoms with E-state index in [1.165, 1.54) is 7.05 Å². The monoisotopic (exact) mass is 419 g/mol. The van der Waals surface area contributed by atoms with Crippen molar-refractivity contribution in [3.63, 3.8) is 0 Å². The van der Waals surface area contributed by atoms with Crippen molar-refractivity contribution in [2.45, 2.75) is 33.0 Å². The molecule has 0 aliphatic heterocycles. The zero-order valence-corrected chi connectivity index (χ0v) is 14.8. The molecule has 0 bridgehead atoms. The van der Waals surface area contributed by atoms with E-state index in [0.29, 0.717) is 12.5 Å². The summed E-state index contributed by atoms with van der Waals surface area (Å²) in [5, 5.41) is 9.90. The number of aromatic nitrogens is 2.